The van der Waals surface area contributed by atoms with Gasteiger partial charge in [0.25, 0.3) is 5.91 Å². The van der Waals surface area contributed by atoms with Crippen LogP contribution in [0, 0.1) is 17.8 Å². The third-order valence-electron chi connectivity index (χ3n) is 7.05. The van der Waals surface area contributed by atoms with Crippen LogP contribution >= 0.6 is 7.82 Å². The minimum absolute atomic E-state index is 0. The summed E-state index contributed by atoms with van der Waals surface area (Å²) in [6.07, 6.45) is 2.68. The second-order valence-corrected chi connectivity index (χ2v) is 11.9. The molecular formula is C28H42N2NaO9P. The predicted octanol–water partition coefficient (Wildman–Crippen LogP) is 0.836. The topological polar surface area (TPSA) is 180 Å². The van der Waals surface area contributed by atoms with Crippen LogP contribution in [0.4, 0.5) is 10.5 Å². The van der Waals surface area contributed by atoms with Gasteiger partial charge in [-0.2, -0.15) is 0 Å². The van der Waals surface area contributed by atoms with Gasteiger partial charge in [-0.15, -0.1) is 0 Å². The summed E-state index contributed by atoms with van der Waals surface area (Å²) in [7, 11) is -3.56. The van der Waals surface area contributed by atoms with Crippen molar-refractivity contribution in [1.29, 1.82) is 0 Å². The largest absolute Gasteiger partial charge is 1.00 e. The molecule has 0 aromatic heterocycles. The molecule has 0 radical (unpaired) electrons. The van der Waals surface area contributed by atoms with E-state index in [9.17, 15) is 29.0 Å². The number of aliphatic hydroxyl groups is 1. The fourth-order valence-corrected chi connectivity index (χ4v) is 5.43. The molecule has 1 unspecified atom stereocenters. The summed E-state index contributed by atoms with van der Waals surface area (Å²) in [4.78, 5) is 45.2. The molecule has 5 N–H and O–H groups in total. The van der Waals surface area contributed by atoms with Crippen molar-refractivity contribution in [2.24, 2.45) is 23.5 Å². The van der Waals surface area contributed by atoms with Crippen molar-refractivity contribution in [3.05, 3.63) is 47.1 Å². The summed E-state index contributed by atoms with van der Waals surface area (Å²) in [5, 5.41) is 13.9. The number of methoxy groups -OCH3 is 1. The fourth-order valence-electron chi connectivity index (χ4n) is 5.06. The van der Waals surface area contributed by atoms with Gasteiger partial charge in [0, 0.05) is 30.4 Å². The van der Waals surface area contributed by atoms with Gasteiger partial charge in [-0.25, -0.2) is 4.79 Å². The summed E-state index contributed by atoms with van der Waals surface area (Å²) in [6, 6.07) is 4.50. The van der Waals surface area contributed by atoms with Gasteiger partial charge in [0.05, 0.1) is 12.2 Å². The summed E-state index contributed by atoms with van der Waals surface area (Å²) in [5.41, 5.74) is 7.48. The number of benzene rings is 1. The Morgan fingerprint density at radius 1 is 1.20 bits per heavy atom. The first-order chi connectivity index (χ1) is 18.6. The average molecular weight is 605 g/mol. The van der Waals surface area contributed by atoms with Crippen molar-refractivity contribution in [2.75, 3.05) is 12.4 Å². The maximum absolute atomic E-state index is 12.9. The number of ether oxygens (including phenoxy) is 2. The molecule has 224 valence electrons. The monoisotopic (exact) mass is 604 g/mol. The number of nitrogens with two attached hydrogens (primary N) is 1. The van der Waals surface area contributed by atoms with Gasteiger partial charge in [-0.3, -0.25) is 9.36 Å². The van der Waals surface area contributed by atoms with Gasteiger partial charge >= 0.3 is 43.5 Å². The quantitative estimate of drug-likeness (QED) is 0.220. The Balaban J connectivity index is 0.00000840. The summed E-state index contributed by atoms with van der Waals surface area (Å²) in [5.74, 6) is -1.06. The van der Waals surface area contributed by atoms with Crippen molar-refractivity contribution < 1.29 is 72.6 Å². The molecule has 2 rings (SSSR count). The molecule has 2 bridgehead atoms. The first kappa shape index (κ1) is 37.3. The van der Waals surface area contributed by atoms with E-state index in [1.54, 1.807) is 19.1 Å². The minimum atomic E-state index is -5.08. The number of primary amides is 1. The molecule has 2 amide bonds. The molecule has 0 fully saturated rings. The van der Waals surface area contributed by atoms with Crippen molar-refractivity contribution in [3.63, 3.8) is 0 Å². The van der Waals surface area contributed by atoms with E-state index in [-0.39, 0.29) is 53.1 Å². The number of anilines is 1. The molecule has 41 heavy (non-hydrogen) atoms. The molecular weight excluding hydrogens is 562 g/mol. The van der Waals surface area contributed by atoms with Crippen LogP contribution in [0.2, 0.25) is 0 Å². The van der Waals surface area contributed by atoms with E-state index in [1.807, 2.05) is 33.8 Å². The second kappa shape index (κ2) is 16.8. The van der Waals surface area contributed by atoms with Crippen molar-refractivity contribution in [1.82, 2.24) is 0 Å². The number of fused-ring (bicyclic) bond motifs is 2. The number of carbonyl (C=O) groups excluding carboxylic acids is 2. The zero-order valence-electron chi connectivity index (χ0n) is 25.0. The molecule has 1 heterocycles. The summed E-state index contributed by atoms with van der Waals surface area (Å²) in [6.45, 7) is 9.21. The number of hydrogen-bond acceptors (Lipinski definition) is 8. The van der Waals surface area contributed by atoms with E-state index in [0.29, 0.717) is 42.5 Å². The molecule has 1 aromatic rings. The molecule has 1 aliphatic rings. The number of carbonyl (C=O) groups is 2. The van der Waals surface area contributed by atoms with Crippen molar-refractivity contribution in [2.45, 2.75) is 78.6 Å². The first-order valence-corrected chi connectivity index (χ1v) is 14.8. The van der Waals surface area contributed by atoms with Gasteiger partial charge in [0.1, 0.15) is 11.9 Å². The van der Waals surface area contributed by atoms with Crippen LogP contribution in [-0.4, -0.2) is 47.4 Å². The molecule has 0 spiro atoms. The SMILES string of the molecule is CO[C@H]1C[C@H](C)Cc2cc(cc(OP(=O)([O-])O)c2)NC(=O)/C(C)=C/CC[C@H](C)[C@@H](OC(N)=O)/C(C)=C/[C@H](C)[C@H]1O.[Na+]. The molecule has 13 heteroatoms. The Morgan fingerprint density at radius 3 is 2.44 bits per heavy atom. The third kappa shape index (κ3) is 12.6. The molecule has 0 saturated carbocycles. The molecule has 1 aromatic carbocycles. The number of nitrogens with one attached hydrogen (secondary N) is 1. The van der Waals surface area contributed by atoms with E-state index in [0.717, 1.165) is 5.57 Å². The number of phosphoric acid groups is 1. The molecule has 11 nitrogen and oxygen atoms in total. The Bertz CT molecular complexity index is 1150. The molecule has 0 aliphatic carbocycles. The maximum Gasteiger partial charge on any atom is 1.00 e. The van der Waals surface area contributed by atoms with Crippen molar-refractivity contribution in [3.8, 4) is 5.75 Å². The van der Waals surface area contributed by atoms with E-state index in [2.05, 4.69) is 5.32 Å². The Morgan fingerprint density at radius 2 is 1.85 bits per heavy atom. The standard InChI is InChI=1S/C28H43N2O9P.Na/c1-16-10-21-13-22(15-23(14-21)39-40(34,35)36)30-27(32)18(3)9-7-8-17(2)26(38-28(29)33)20(5)12-19(4)25(31)24(11-16)37-6;/h9,12-17,19,24-26,31H,7-8,10-11H2,1-6H3,(H2,29,33)(H,30,32)(H2,34,35,36);/q;+1/p-1/b18-9+,20-12+;/t16-,17+,19+,24+,25-,26-;/m1./s1. The number of hydrogen-bond donors (Lipinski definition) is 4. The van der Waals surface area contributed by atoms with Crippen LogP contribution in [0.25, 0.3) is 0 Å². The van der Waals surface area contributed by atoms with Gasteiger partial charge in [0.15, 0.2) is 0 Å². The Labute approximate surface area is 264 Å². The van der Waals surface area contributed by atoms with Gasteiger partial charge < -0.3 is 39.9 Å². The molecule has 7 atom stereocenters. The Hall–Kier alpha value is -1.69. The maximum atomic E-state index is 12.9. The van der Waals surface area contributed by atoms with Crippen molar-refractivity contribution >= 4 is 25.5 Å². The Kier molecular flexibility index (Phi) is 15.3. The zero-order valence-corrected chi connectivity index (χ0v) is 27.9. The number of rotatable bonds is 4. The predicted molar refractivity (Wildman–Crippen MR) is 149 cm³/mol. The number of allylic oxidation sites excluding steroid dienone is 1. The number of aliphatic hydroxyl groups excluding tert-OH is 1. The van der Waals surface area contributed by atoms with E-state index >= 15 is 0 Å². The van der Waals surface area contributed by atoms with E-state index in [4.69, 9.17) is 19.7 Å². The fraction of sp³-hybridized carbons (Fsp3) is 0.571. The minimum Gasteiger partial charge on any atom is -0.746 e. The normalized spacial score (nSPS) is 30.7. The van der Waals surface area contributed by atoms with Crippen LogP contribution in [0.3, 0.4) is 0 Å². The van der Waals surface area contributed by atoms with E-state index in [1.165, 1.54) is 19.2 Å². The summed E-state index contributed by atoms with van der Waals surface area (Å²) >= 11 is 0. The van der Waals surface area contributed by atoms with Crippen LogP contribution < -0.4 is 50.0 Å². The summed E-state index contributed by atoms with van der Waals surface area (Å²) < 4.78 is 27.2. The number of phosphoric ester groups is 1. The van der Waals surface area contributed by atoms with Gasteiger partial charge in [-0.05, 0) is 74.6 Å². The van der Waals surface area contributed by atoms with Crippen LogP contribution in [-0.2, 0) is 25.3 Å². The number of amides is 2. The van der Waals surface area contributed by atoms with Crippen LogP contribution in [0.5, 0.6) is 5.75 Å². The smallest absolute Gasteiger partial charge is 0.746 e. The van der Waals surface area contributed by atoms with Crippen LogP contribution in [0.15, 0.2) is 41.5 Å². The van der Waals surface area contributed by atoms with Crippen LogP contribution in [0.1, 0.15) is 59.4 Å². The van der Waals surface area contributed by atoms with E-state index < -0.39 is 38.1 Å². The molecule has 0 saturated heterocycles. The zero-order chi connectivity index (χ0) is 30.2. The first-order valence-electron chi connectivity index (χ1n) is 13.3. The van der Waals surface area contributed by atoms with Gasteiger partial charge in [0.2, 0.25) is 0 Å². The third-order valence-corrected chi connectivity index (χ3v) is 7.49. The molecule has 1 aliphatic heterocycles. The average Bonchev–Trinajstić information content (AvgIpc) is 2.83. The second-order valence-electron chi connectivity index (χ2n) is 10.8. The van der Waals surface area contributed by atoms with Gasteiger partial charge in [-0.1, -0.05) is 32.9 Å².